The van der Waals surface area contributed by atoms with Gasteiger partial charge in [-0.1, -0.05) is 17.9 Å². The summed E-state index contributed by atoms with van der Waals surface area (Å²) in [6.07, 6.45) is -3.72. The zero-order chi connectivity index (χ0) is 19.7. The highest BCUT2D eigenvalue weighted by atomic mass is 32.1. The van der Waals surface area contributed by atoms with E-state index < -0.39 is 11.7 Å². The lowest BCUT2D eigenvalue weighted by Crippen LogP contribution is -2.27. The van der Waals surface area contributed by atoms with Gasteiger partial charge in [-0.05, 0) is 36.1 Å². The second-order valence-electron chi connectivity index (χ2n) is 5.53. The van der Waals surface area contributed by atoms with Crippen molar-refractivity contribution in [1.82, 2.24) is 10.6 Å². The van der Waals surface area contributed by atoms with Gasteiger partial charge in [-0.3, -0.25) is 9.59 Å². The number of benzene rings is 1. The quantitative estimate of drug-likeness (QED) is 0.583. The van der Waals surface area contributed by atoms with Gasteiger partial charge in [0, 0.05) is 29.5 Å². The van der Waals surface area contributed by atoms with Crippen molar-refractivity contribution in [3.63, 3.8) is 0 Å². The second-order valence-corrected chi connectivity index (χ2v) is 6.31. The molecule has 142 valence electrons. The number of rotatable bonds is 6. The molecule has 0 radical (unpaired) electrons. The fourth-order valence-electron chi connectivity index (χ4n) is 2.10. The Kier molecular flexibility index (Phi) is 7.44. The molecule has 0 atom stereocenters. The van der Waals surface area contributed by atoms with Crippen molar-refractivity contribution in [2.24, 2.45) is 0 Å². The first-order valence-electron chi connectivity index (χ1n) is 8.09. The monoisotopic (exact) mass is 394 g/mol. The van der Waals surface area contributed by atoms with Crippen LogP contribution in [-0.4, -0.2) is 24.9 Å². The van der Waals surface area contributed by atoms with Crippen LogP contribution in [0.15, 0.2) is 41.1 Å². The van der Waals surface area contributed by atoms with Gasteiger partial charge >= 0.3 is 6.18 Å². The number of alkyl halides is 3. The minimum absolute atomic E-state index is 0.0380. The number of halogens is 3. The van der Waals surface area contributed by atoms with Crippen molar-refractivity contribution in [2.75, 3.05) is 13.1 Å². The van der Waals surface area contributed by atoms with Crippen LogP contribution in [0.2, 0.25) is 0 Å². The first-order chi connectivity index (χ1) is 12.9. The maximum atomic E-state index is 12.6. The second kappa shape index (κ2) is 9.78. The highest BCUT2D eigenvalue weighted by Gasteiger charge is 2.30. The lowest BCUT2D eigenvalue weighted by molar-refractivity contribution is -0.137. The fourth-order valence-corrected chi connectivity index (χ4v) is 2.73. The van der Waals surface area contributed by atoms with Crippen molar-refractivity contribution in [2.45, 2.75) is 19.0 Å². The predicted molar refractivity (Wildman–Crippen MR) is 97.2 cm³/mol. The van der Waals surface area contributed by atoms with Crippen molar-refractivity contribution >= 4 is 23.2 Å². The smallest absolute Gasteiger partial charge is 0.352 e. The molecule has 2 N–H and O–H groups in total. The highest BCUT2D eigenvalue weighted by Crippen LogP contribution is 2.29. The van der Waals surface area contributed by atoms with Crippen molar-refractivity contribution < 1.29 is 22.8 Å². The van der Waals surface area contributed by atoms with Gasteiger partial charge < -0.3 is 10.6 Å². The van der Waals surface area contributed by atoms with E-state index >= 15 is 0 Å². The Morgan fingerprint density at radius 2 is 1.96 bits per heavy atom. The third-order valence-corrected chi connectivity index (χ3v) is 4.13. The molecule has 0 bridgehead atoms. The zero-order valence-electron chi connectivity index (χ0n) is 14.2. The van der Waals surface area contributed by atoms with Crippen LogP contribution in [-0.2, 0) is 11.0 Å². The molecule has 27 heavy (non-hydrogen) atoms. The number of amides is 2. The number of hydrogen-bond donors (Lipinski definition) is 2. The molecule has 0 spiro atoms. The maximum absolute atomic E-state index is 12.6. The number of nitrogens with one attached hydrogen (secondary N) is 2. The minimum Gasteiger partial charge on any atom is -0.352 e. The molecular weight excluding hydrogens is 377 g/mol. The van der Waals surface area contributed by atoms with E-state index in [-0.39, 0.29) is 30.3 Å². The van der Waals surface area contributed by atoms with Gasteiger partial charge in [0.15, 0.2) is 0 Å². The number of hydrogen-bond acceptors (Lipinski definition) is 3. The summed E-state index contributed by atoms with van der Waals surface area (Å²) in [6.45, 7) is 0.411. The minimum atomic E-state index is -4.41. The normalized spacial score (nSPS) is 10.6. The zero-order valence-corrected chi connectivity index (χ0v) is 15.0. The van der Waals surface area contributed by atoms with Crippen LogP contribution in [0, 0.1) is 11.8 Å². The SMILES string of the molecule is O=C(CCCNC(=O)c1ccsc1)NCC#Cc1cccc(C(F)(F)F)c1. The van der Waals surface area contributed by atoms with Crippen molar-refractivity contribution in [3.8, 4) is 11.8 Å². The van der Waals surface area contributed by atoms with Crippen molar-refractivity contribution in [3.05, 3.63) is 57.8 Å². The average molecular weight is 394 g/mol. The summed E-state index contributed by atoms with van der Waals surface area (Å²) in [5, 5.41) is 8.83. The first-order valence-corrected chi connectivity index (χ1v) is 9.04. The Morgan fingerprint density at radius 3 is 2.67 bits per heavy atom. The summed E-state index contributed by atoms with van der Waals surface area (Å²) in [5.41, 5.74) is 0.0624. The van der Waals surface area contributed by atoms with Crippen LogP contribution in [0.1, 0.15) is 34.3 Å². The fraction of sp³-hybridized carbons (Fsp3) is 0.263. The van der Waals surface area contributed by atoms with Gasteiger partial charge in [-0.25, -0.2) is 0 Å². The van der Waals surface area contributed by atoms with E-state index in [0.29, 0.717) is 18.5 Å². The van der Waals surface area contributed by atoms with E-state index in [1.165, 1.54) is 23.5 Å². The molecule has 2 rings (SSSR count). The molecule has 1 heterocycles. The third-order valence-electron chi connectivity index (χ3n) is 3.45. The first kappa shape index (κ1) is 20.5. The molecule has 0 saturated carbocycles. The molecule has 0 aliphatic rings. The Morgan fingerprint density at radius 1 is 1.15 bits per heavy atom. The van der Waals surface area contributed by atoms with Crippen LogP contribution in [0.4, 0.5) is 13.2 Å². The number of carbonyl (C=O) groups excluding carboxylic acids is 2. The standard InChI is InChI=1S/C19H17F3N2O2S/c20-19(21,22)16-6-1-4-14(12-16)5-2-9-23-17(25)7-3-10-24-18(26)15-8-11-27-13-15/h1,4,6,8,11-13H,3,7,9-10H2,(H,23,25)(H,24,26). The van der Waals surface area contributed by atoms with E-state index in [2.05, 4.69) is 22.5 Å². The van der Waals surface area contributed by atoms with Gasteiger partial charge in [0.05, 0.1) is 12.1 Å². The molecule has 8 heteroatoms. The van der Waals surface area contributed by atoms with Gasteiger partial charge in [-0.2, -0.15) is 24.5 Å². The molecule has 0 saturated heterocycles. The van der Waals surface area contributed by atoms with Crippen LogP contribution in [0.25, 0.3) is 0 Å². The number of carbonyl (C=O) groups is 2. The molecule has 1 aromatic heterocycles. The van der Waals surface area contributed by atoms with Crippen LogP contribution in [0.5, 0.6) is 0 Å². The van der Waals surface area contributed by atoms with Gasteiger partial charge in [-0.15, -0.1) is 0 Å². The maximum Gasteiger partial charge on any atom is 0.416 e. The van der Waals surface area contributed by atoms with E-state index in [1.807, 2.05) is 5.38 Å². The molecule has 1 aromatic carbocycles. The summed E-state index contributed by atoms with van der Waals surface area (Å²) in [7, 11) is 0. The average Bonchev–Trinajstić information content (AvgIpc) is 3.16. The van der Waals surface area contributed by atoms with Crippen LogP contribution in [0.3, 0.4) is 0 Å². The third kappa shape index (κ3) is 7.15. The molecule has 0 aliphatic carbocycles. The molecule has 2 aromatic rings. The largest absolute Gasteiger partial charge is 0.416 e. The van der Waals surface area contributed by atoms with E-state index in [0.717, 1.165) is 12.1 Å². The van der Waals surface area contributed by atoms with E-state index in [4.69, 9.17) is 0 Å². The summed E-state index contributed by atoms with van der Waals surface area (Å²) in [6, 6.07) is 6.42. The van der Waals surface area contributed by atoms with Crippen molar-refractivity contribution in [1.29, 1.82) is 0 Å². The van der Waals surface area contributed by atoms with Crippen LogP contribution >= 0.6 is 11.3 Å². The van der Waals surface area contributed by atoms with Gasteiger partial charge in [0.25, 0.3) is 5.91 Å². The molecule has 0 unspecified atom stereocenters. The Bertz CT molecular complexity index is 837. The van der Waals surface area contributed by atoms with Gasteiger partial charge in [0.1, 0.15) is 0 Å². The Labute approximate surface area is 158 Å². The Hall–Kier alpha value is -2.79. The summed E-state index contributed by atoms with van der Waals surface area (Å²) in [5.74, 6) is 4.80. The molecule has 4 nitrogen and oxygen atoms in total. The molecule has 0 aliphatic heterocycles. The summed E-state index contributed by atoms with van der Waals surface area (Å²) in [4.78, 5) is 23.4. The van der Waals surface area contributed by atoms with Crippen LogP contribution < -0.4 is 10.6 Å². The molecule has 2 amide bonds. The Balaban J connectivity index is 1.67. The predicted octanol–water partition coefficient (Wildman–Crippen LogP) is 3.44. The summed E-state index contributed by atoms with van der Waals surface area (Å²) >= 11 is 1.43. The molecular formula is C19H17F3N2O2S. The number of thiophene rings is 1. The van der Waals surface area contributed by atoms with E-state index in [9.17, 15) is 22.8 Å². The highest BCUT2D eigenvalue weighted by molar-refractivity contribution is 7.08. The summed E-state index contributed by atoms with van der Waals surface area (Å²) < 4.78 is 37.8. The topological polar surface area (TPSA) is 58.2 Å². The lowest BCUT2D eigenvalue weighted by atomic mass is 10.1. The lowest BCUT2D eigenvalue weighted by Gasteiger charge is -2.05. The van der Waals surface area contributed by atoms with Gasteiger partial charge in [0.2, 0.25) is 5.91 Å². The van der Waals surface area contributed by atoms with E-state index in [1.54, 1.807) is 11.4 Å². The molecule has 0 fully saturated rings.